The topological polar surface area (TPSA) is 90.7 Å². The predicted molar refractivity (Wildman–Crippen MR) is 96.8 cm³/mol. The summed E-state index contributed by atoms with van der Waals surface area (Å²) in [6, 6.07) is 2.82. The van der Waals surface area contributed by atoms with Crippen molar-refractivity contribution in [1.82, 2.24) is 24.9 Å². The van der Waals surface area contributed by atoms with Gasteiger partial charge in [0, 0.05) is 45.3 Å². The first-order chi connectivity index (χ1) is 12.5. The molecular weight excluding hydrogens is 334 g/mol. The summed E-state index contributed by atoms with van der Waals surface area (Å²) >= 11 is 0. The molecule has 1 unspecified atom stereocenters. The van der Waals surface area contributed by atoms with Crippen LogP contribution in [0.5, 0.6) is 0 Å². The molecule has 0 saturated carbocycles. The predicted octanol–water partition coefficient (Wildman–Crippen LogP) is 1.69. The van der Waals surface area contributed by atoms with E-state index < -0.39 is 6.09 Å². The van der Waals surface area contributed by atoms with E-state index in [2.05, 4.69) is 20.0 Å². The maximum atomic E-state index is 11.2. The molecule has 2 aliphatic heterocycles. The summed E-state index contributed by atoms with van der Waals surface area (Å²) in [6.07, 6.45) is 6.01. The van der Waals surface area contributed by atoms with Gasteiger partial charge in [-0.15, -0.1) is 0 Å². The lowest BCUT2D eigenvalue weighted by Crippen LogP contribution is -2.43. The minimum Gasteiger partial charge on any atom is -0.465 e. The van der Waals surface area contributed by atoms with Gasteiger partial charge >= 0.3 is 6.09 Å². The number of aromatic nitrogens is 2. The quantitative estimate of drug-likeness (QED) is 0.849. The van der Waals surface area contributed by atoms with Crippen molar-refractivity contribution >= 4 is 12.0 Å². The lowest BCUT2D eigenvalue weighted by Gasteiger charge is -2.37. The third-order valence-electron chi connectivity index (χ3n) is 5.60. The second-order valence-corrected chi connectivity index (χ2v) is 7.30. The van der Waals surface area contributed by atoms with Crippen LogP contribution in [-0.2, 0) is 11.3 Å². The van der Waals surface area contributed by atoms with E-state index in [9.17, 15) is 14.7 Å². The number of carbonyl (C=O) groups excluding carboxylic acids is 1. The van der Waals surface area contributed by atoms with Crippen molar-refractivity contribution in [3.05, 3.63) is 18.0 Å². The fourth-order valence-corrected chi connectivity index (χ4v) is 4.16. The first-order valence-corrected chi connectivity index (χ1v) is 9.53. The van der Waals surface area contributed by atoms with Gasteiger partial charge in [0.2, 0.25) is 5.91 Å². The van der Waals surface area contributed by atoms with Gasteiger partial charge < -0.3 is 20.2 Å². The molecular formula is C18H29N5O3. The zero-order valence-corrected chi connectivity index (χ0v) is 15.4. The van der Waals surface area contributed by atoms with Crippen molar-refractivity contribution in [2.45, 2.75) is 57.7 Å². The Balaban J connectivity index is 1.52. The van der Waals surface area contributed by atoms with Crippen molar-refractivity contribution in [3.8, 4) is 0 Å². The van der Waals surface area contributed by atoms with E-state index in [4.69, 9.17) is 0 Å². The van der Waals surface area contributed by atoms with Crippen LogP contribution >= 0.6 is 0 Å². The van der Waals surface area contributed by atoms with Gasteiger partial charge in [-0.3, -0.25) is 9.48 Å². The van der Waals surface area contributed by atoms with Crippen molar-refractivity contribution in [3.63, 3.8) is 0 Å². The third kappa shape index (κ3) is 4.55. The molecule has 8 heteroatoms. The summed E-state index contributed by atoms with van der Waals surface area (Å²) in [5.41, 5.74) is 1.05. The number of amides is 2. The van der Waals surface area contributed by atoms with Gasteiger partial charge in [-0.2, -0.15) is 5.10 Å². The fraction of sp³-hybridized carbons (Fsp3) is 0.722. The van der Waals surface area contributed by atoms with Crippen LogP contribution in [-0.4, -0.2) is 68.9 Å². The van der Waals surface area contributed by atoms with Gasteiger partial charge in [0.25, 0.3) is 0 Å². The Hall–Kier alpha value is -2.09. The van der Waals surface area contributed by atoms with Crippen molar-refractivity contribution in [1.29, 1.82) is 0 Å². The van der Waals surface area contributed by atoms with Gasteiger partial charge in [-0.25, -0.2) is 4.79 Å². The highest BCUT2D eigenvalue weighted by Gasteiger charge is 2.29. The van der Waals surface area contributed by atoms with Crippen LogP contribution in [0, 0.1) is 0 Å². The lowest BCUT2D eigenvalue weighted by molar-refractivity contribution is -0.119. The number of carboxylic acid groups (broad SMARTS) is 1. The molecule has 0 aliphatic carbocycles. The molecule has 0 bridgehead atoms. The van der Waals surface area contributed by atoms with Gasteiger partial charge in [-0.05, 0) is 38.2 Å². The molecule has 3 heterocycles. The zero-order chi connectivity index (χ0) is 18.5. The number of rotatable bonds is 4. The van der Waals surface area contributed by atoms with Crippen LogP contribution < -0.4 is 5.32 Å². The van der Waals surface area contributed by atoms with E-state index in [1.54, 1.807) is 11.1 Å². The Kier molecular flexibility index (Phi) is 6.13. The Labute approximate surface area is 154 Å². The summed E-state index contributed by atoms with van der Waals surface area (Å²) in [7, 11) is 0. The summed E-state index contributed by atoms with van der Waals surface area (Å²) in [5.74, 6) is -0.0312. The molecule has 8 nitrogen and oxygen atoms in total. The normalized spacial score (nSPS) is 22.8. The molecule has 26 heavy (non-hydrogen) atoms. The Morgan fingerprint density at radius 2 is 1.88 bits per heavy atom. The molecule has 2 fully saturated rings. The summed E-state index contributed by atoms with van der Waals surface area (Å²) in [5, 5.41) is 16.5. The van der Waals surface area contributed by atoms with Crippen molar-refractivity contribution < 1.29 is 14.7 Å². The minimum atomic E-state index is -0.797. The van der Waals surface area contributed by atoms with Crippen LogP contribution in [0.1, 0.15) is 50.8 Å². The molecule has 0 radical (unpaired) electrons. The first-order valence-electron chi connectivity index (χ1n) is 9.53. The standard InChI is InChI=1S/C18H29N5O3/c1-14(24)19-13-17-4-8-20-23(17)16-6-10-21(11-7-16)15-3-2-9-22(12-5-15)18(25)26/h4,8,15-16H,2-3,5-7,9-13H2,1H3,(H,19,24)(H,25,26). The van der Waals surface area contributed by atoms with E-state index in [1.807, 2.05) is 6.07 Å². The molecule has 2 amide bonds. The monoisotopic (exact) mass is 363 g/mol. The second kappa shape index (κ2) is 8.53. The Bertz CT molecular complexity index is 624. The van der Waals surface area contributed by atoms with Crippen LogP contribution in [0.4, 0.5) is 4.79 Å². The smallest absolute Gasteiger partial charge is 0.407 e. The van der Waals surface area contributed by atoms with Crippen molar-refractivity contribution in [2.24, 2.45) is 0 Å². The van der Waals surface area contributed by atoms with Gasteiger partial charge in [0.05, 0.1) is 18.3 Å². The fourth-order valence-electron chi connectivity index (χ4n) is 4.16. The van der Waals surface area contributed by atoms with E-state index in [0.717, 1.165) is 50.9 Å². The number of nitrogens with one attached hydrogen (secondary N) is 1. The van der Waals surface area contributed by atoms with Crippen LogP contribution in [0.15, 0.2) is 12.3 Å². The summed E-state index contributed by atoms with van der Waals surface area (Å²) in [4.78, 5) is 26.4. The lowest BCUT2D eigenvalue weighted by atomic mass is 10.00. The molecule has 1 aromatic rings. The number of carbonyl (C=O) groups is 2. The number of nitrogens with zero attached hydrogens (tertiary/aromatic N) is 4. The van der Waals surface area contributed by atoms with Gasteiger partial charge in [0.15, 0.2) is 0 Å². The molecule has 1 atom stereocenters. The third-order valence-corrected chi connectivity index (χ3v) is 5.60. The van der Waals surface area contributed by atoms with E-state index in [1.165, 1.54) is 6.92 Å². The molecule has 1 aromatic heterocycles. The number of piperidine rings is 1. The average Bonchev–Trinajstić information content (AvgIpc) is 2.95. The first kappa shape index (κ1) is 18.7. The van der Waals surface area contributed by atoms with E-state index >= 15 is 0 Å². The Morgan fingerprint density at radius 1 is 1.15 bits per heavy atom. The zero-order valence-electron chi connectivity index (χ0n) is 15.4. The Morgan fingerprint density at radius 3 is 2.58 bits per heavy atom. The maximum absolute atomic E-state index is 11.2. The van der Waals surface area contributed by atoms with Gasteiger partial charge in [-0.1, -0.05) is 0 Å². The number of hydrogen-bond acceptors (Lipinski definition) is 4. The molecule has 2 saturated heterocycles. The van der Waals surface area contributed by atoms with Crippen molar-refractivity contribution in [2.75, 3.05) is 26.2 Å². The highest BCUT2D eigenvalue weighted by molar-refractivity contribution is 5.72. The highest BCUT2D eigenvalue weighted by atomic mass is 16.4. The van der Waals surface area contributed by atoms with Crippen LogP contribution in [0.3, 0.4) is 0 Å². The van der Waals surface area contributed by atoms with Gasteiger partial charge in [0.1, 0.15) is 0 Å². The highest BCUT2D eigenvalue weighted by Crippen LogP contribution is 2.27. The largest absolute Gasteiger partial charge is 0.465 e. The van der Waals surface area contributed by atoms with Crippen LogP contribution in [0.2, 0.25) is 0 Å². The SMILES string of the molecule is CC(=O)NCc1ccnn1C1CCN(C2CCCN(C(=O)O)CC2)CC1. The summed E-state index contributed by atoms with van der Waals surface area (Å²) < 4.78 is 2.06. The van der Waals surface area contributed by atoms with E-state index in [0.29, 0.717) is 31.7 Å². The number of hydrogen-bond donors (Lipinski definition) is 2. The molecule has 3 rings (SSSR count). The van der Waals surface area contributed by atoms with Crippen LogP contribution in [0.25, 0.3) is 0 Å². The molecule has 144 valence electrons. The van der Waals surface area contributed by atoms with E-state index in [-0.39, 0.29) is 5.91 Å². The molecule has 0 aromatic carbocycles. The summed E-state index contributed by atoms with van der Waals surface area (Å²) in [6.45, 7) is 5.37. The minimum absolute atomic E-state index is 0.0312. The molecule has 2 N–H and O–H groups in total. The molecule has 2 aliphatic rings. The number of likely N-dealkylation sites (tertiary alicyclic amines) is 2. The second-order valence-electron chi connectivity index (χ2n) is 7.30. The maximum Gasteiger partial charge on any atom is 0.407 e. The molecule has 0 spiro atoms. The average molecular weight is 363 g/mol.